The first-order valence-corrected chi connectivity index (χ1v) is 6.15. The molecular weight excluding hydrogens is 226 g/mol. The molecule has 0 spiro atoms. The molecule has 0 aliphatic rings. The summed E-state index contributed by atoms with van der Waals surface area (Å²) in [6, 6.07) is 12.4. The van der Waals surface area contributed by atoms with E-state index < -0.39 is 0 Å². The number of nitrogens with two attached hydrogens (primary N) is 1. The minimum absolute atomic E-state index is 0.428. The zero-order valence-corrected chi connectivity index (χ0v) is 10.7. The van der Waals surface area contributed by atoms with Gasteiger partial charge in [0.15, 0.2) is 5.76 Å². The summed E-state index contributed by atoms with van der Waals surface area (Å²) in [7, 11) is 2.08. The Morgan fingerprint density at radius 1 is 1.28 bits per heavy atom. The SMILES string of the molecule is CN(CCc1ccccc1)Cc1cc(CN)no1. The molecule has 0 saturated carbocycles. The van der Waals surface area contributed by atoms with Gasteiger partial charge in [0.2, 0.25) is 0 Å². The van der Waals surface area contributed by atoms with Crippen molar-refractivity contribution in [3.05, 3.63) is 53.4 Å². The Morgan fingerprint density at radius 3 is 2.72 bits per heavy atom. The van der Waals surface area contributed by atoms with Crippen molar-refractivity contribution in [2.45, 2.75) is 19.5 Å². The van der Waals surface area contributed by atoms with Crippen LogP contribution in [0.1, 0.15) is 17.0 Å². The highest BCUT2D eigenvalue weighted by Gasteiger charge is 2.06. The van der Waals surface area contributed by atoms with Crippen LogP contribution in [-0.2, 0) is 19.5 Å². The lowest BCUT2D eigenvalue weighted by molar-refractivity contribution is 0.274. The maximum Gasteiger partial charge on any atom is 0.151 e. The van der Waals surface area contributed by atoms with Crippen LogP contribution in [0, 0.1) is 0 Å². The summed E-state index contributed by atoms with van der Waals surface area (Å²) in [6.07, 6.45) is 1.04. The van der Waals surface area contributed by atoms with Crippen LogP contribution in [0.15, 0.2) is 40.9 Å². The van der Waals surface area contributed by atoms with E-state index in [1.54, 1.807) is 0 Å². The van der Waals surface area contributed by atoms with Gasteiger partial charge < -0.3 is 10.3 Å². The van der Waals surface area contributed by atoms with Gasteiger partial charge in [0, 0.05) is 19.2 Å². The maximum atomic E-state index is 5.49. The normalized spacial score (nSPS) is 11.1. The lowest BCUT2D eigenvalue weighted by Crippen LogP contribution is -2.20. The first-order valence-electron chi connectivity index (χ1n) is 6.15. The van der Waals surface area contributed by atoms with E-state index >= 15 is 0 Å². The molecule has 0 atom stereocenters. The van der Waals surface area contributed by atoms with E-state index in [2.05, 4.69) is 41.4 Å². The van der Waals surface area contributed by atoms with Gasteiger partial charge in [-0.3, -0.25) is 4.90 Å². The van der Waals surface area contributed by atoms with Gasteiger partial charge in [-0.15, -0.1) is 0 Å². The van der Waals surface area contributed by atoms with Gasteiger partial charge in [-0.2, -0.15) is 0 Å². The molecule has 0 amide bonds. The van der Waals surface area contributed by atoms with Crippen LogP contribution in [0.4, 0.5) is 0 Å². The zero-order valence-electron chi connectivity index (χ0n) is 10.7. The molecule has 2 aromatic rings. The topological polar surface area (TPSA) is 55.3 Å². The van der Waals surface area contributed by atoms with Crippen molar-refractivity contribution in [2.24, 2.45) is 5.73 Å². The van der Waals surface area contributed by atoms with Crippen molar-refractivity contribution in [2.75, 3.05) is 13.6 Å². The third-order valence-corrected chi connectivity index (χ3v) is 2.87. The molecule has 0 unspecified atom stereocenters. The van der Waals surface area contributed by atoms with Gasteiger partial charge in [-0.25, -0.2) is 0 Å². The highest BCUT2D eigenvalue weighted by atomic mass is 16.5. The highest BCUT2D eigenvalue weighted by Crippen LogP contribution is 2.07. The van der Waals surface area contributed by atoms with Gasteiger partial charge in [-0.1, -0.05) is 35.5 Å². The second-order valence-electron chi connectivity index (χ2n) is 4.46. The Labute approximate surface area is 107 Å². The molecule has 2 N–H and O–H groups in total. The Hall–Kier alpha value is -1.65. The van der Waals surface area contributed by atoms with Crippen molar-refractivity contribution in [1.82, 2.24) is 10.1 Å². The van der Waals surface area contributed by atoms with E-state index in [9.17, 15) is 0 Å². The van der Waals surface area contributed by atoms with E-state index in [-0.39, 0.29) is 0 Å². The number of nitrogens with zero attached hydrogens (tertiary/aromatic N) is 2. The number of rotatable bonds is 6. The smallest absolute Gasteiger partial charge is 0.151 e. The molecule has 4 heteroatoms. The molecule has 0 bridgehead atoms. The summed E-state index contributed by atoms with van der Waals surface area (Å²) in [6.45, 7) is 2.18. The molecule has 1 aromatic carbocycles. The second-order valence-corrected chi connectivity index (χ2v) is 4.46. The lowest BCUT2D eigenvalue weighted by Gasteiger charge is -2.14. The Morgan fingerprint density at radius 2 is 2.06 bits per heavy atom. The third kappa shape index (κ3) is 3.68. The van der Waals surface area contributed by atoms with E-state index in [0.29, 0.717) is 6.54 Å². The summed E-state index contributed by atoms with van der Waals surface area (Å²) < 4.78 is 5.21. The zero-order chi connectivity index (χ0) is 12.8. The molecule has 1 heterocycles. The van der Waals surface area contributed by atoms with Crippen molar-refractivity contribution in [3.8, 4) is 0 Å². The molecule has 2 rings (SSSR count). The van der Waals surface area contributed by atoms with E-state index in [1.165, 1.54) is 5.56 Å². The summed E-state index contributed by atoms with van der Waals surface area (Å²) in [5.41, 5.74) is 7.65. The summed E-state index contributed by atoms with van der Waals surface area (Å²) >= 11 is 0. The number of aromatic nitrogens is 1. The van der Waals surface area contributed by atoms with Crippen molar-refractivity contribution >= 4 is 0 Å². The van der Waals surface area contributed by atoms with Crippen molar-refractivity contribution in [1.29, 1.82) is 0 Å². The van der Waals surface area contributed by atoms with Crippen molar-refractivity contribution in [3.63, 3.8) is 0 Å². The average Bonchev–Trinajstić information content (AvgIpc) is 2.85. The van der Waals surface area contributed by atoms with Gasteiger partial charge in [0.25, 0.3) is 0 Å². The monoisotopic (exact) mass is 245 g/mol. The van der Waals surface area contributed by atoms with Gasteiger partial charge >= 0.3 is 0 Å². The van der Waals surface area contributed by atoms with Crippen LogP contribution < -0.4 is 5.73 Å². The molecule has 0 radical (unpaired) electrons. The summed E-state index contributed by atoms with van der Waals surface area (Å²) in [4.78, 5) is 2.22. The van der Waals surface area contributed by atoms with Gasteiger partial charge in [0.05, 0.1) is 12.2 Å². The predicted molar refractivity (Wildman–Crippen MR) is 70.9 cm³/mol. The van der Waals surface area contributed by atoms with Crippen LogP contribution in [0.5, 0.6) is 0 Å². The van der Waals surface area contributed by atoms with Crippen LogP contribution >= 0.6 is 0 Å². The molecule has 0 saturated heterocycles. The quantitative estimate of drug-likeness (QED) is 0.843. The first kappa shape index (κ1) is 12.8. The Bertz CT molecular complexity index is 467. The molecule has 18 heavy (non-hydrogen) atoms. The third-order valence-electron chi connectivity index (χ3n) is 2.87. The van der Waals surface area contributed by atoms with Crippen LogP contribution in [0.25, 0.3) is 0 Å². The number of hydrogen-bond donors (Lipinski definition) is 1. The molecule has 0 fully saturated rings. The molecule has 1 aromatic heterocycles. The van der Waals surface area contributed by atoms with Gasteiger partial charge in [-0.05, 0) is 19.0 Å². The summed E-state index contributed by atoms with van der Waals surface area (Å²) in [5.74, 6) is 0.867. The highest BCUT2D eigenvalue weighted by molar-refractivity contribution is 5.14. The molecule has 0 aliphatic carbocycles. The lowest BCUT2D eigenvalue weighted by atomic mass is 10.1. The molecule has 0 aliphatic heterocycles. The number of hydrogen-bond acceptors (Lipinski definition) is 4. The molecule has 96 valence electrons. The van der Waals surface area contributed by atoms with E-state index in [0.717, 1.165) is 31.0 Å². The van der Waals surface area contributed by atoms with Crippen LogP contribution in [0.2, 0.25) is 0 Å². The summed E-state index contributed by atoms with van der Waals surface area (Å²) in [5, 5.41) is 3.88. The molecular formula is C14H19N3O. The van der Waals surface area contributed by atoms with E-state index in [4.69, 9.17) is 10.3 Å². The Kier molecular flexibility index (Phi) is 4.50. The van der Waals surface area contributed by atoms with Crippen molar-refractivity contribution < 1.29 is 4.52 Å². The largest absolute Gasteiger partial charge is 0.360 e. The fourth-order valence-corrected chi connectivity index (χ4v) is 1.84. The van der Waals surface area contributed by atoms with Crippen LogP contribution in [-0.4, -0.2) is 23.6 Å². The van der Waals surface area contributed by atoms with E-state index in [1.807, 2.05) is 12.1 Å². The predicted octanol–water partition coefficient (Wildman–Crippen LogP) is 1.81. The maximum absolute atomic E-state index is 5.49. The fourth-order valence-electron chi connectivity index (χ4n) is 1.84. The average molecular weight is 245 g/mol. The first-order chi connectivity index (χ1) is 8.78. The minimum Gasteiger partial charge on any atom is -0.360 e. The number of likely N-dealkylation sites (N-methyl/N-ethyl adjacent to an activating group) is 1. The second kappa shape index (κ2) is 6.33. The van der Waals surface area contributed by atoms with Gasteiger partial charge in [0.1, 0.15) is 0 Å². The molecule has 4 nitrogen and oxygen atoms in total. The fraction of sp³-hybridized carbons (Fsp3) is 0.357. The number of benzene rings is 1. The standard InChI is InChI=1S/C14H19N3O/c1-17(8-7-12-5-3-2-4-6-12)11-14-9-13(10-15)16-18-14/h2-6,9H,7-8,10-11,15H2,1H3. The Balaban J connectivity index is 1.80. The van der Waals surface area contributed by atoms with Crippen LogP contribution in [0.3, 0.4) is 0 Å². The minimum atomic E-state index is 0.428.